The monoisotopic (exact) mass is 254 g/mol. The van der Waals surface area contributed by atoms with Gasteiger partial charge in [0.25, 0.3) is 0 Å². The number of hydrazine groups is 1. The molecule has 0 heterocycles. The summed E-state index contributed by atoms with van der Waals surface area (Å²) in [4.78, 5) is 0. The van der Waals surface area contributed by atoms with Crippen LogP contribution in [0.25, 0.3) is 0 Å². The molecule has 0 aromatic heterocycles. The van der Waals surface area contributed by atoms with Crippen LogP contribution in [0.15, 0.2) is 18.2 Å². The van der Waals surface area contributed by atoms with Gasteiger partial charge in [0.2, 0.25) is 0 Å². The Hall–Kier alpha value is -0.970. The third-order valence-electron chi connectivity index (χ3n) is 3.08. The summed E-state index contributed by atoms with van der Waals surface area (Å²) in [5, 5.41) is 0. The number of aryl methyl sites for hydroxylation is 1. The van der Waals surface area contributed by atoms with Crippen molar-refractivity contribution < 1.29 is 9.13 Å². The molecule has 0 saturated carbocycles. The van der Waals surface area contributed by atoms with Gasteiger partial charge in [-0.2, -0.15) is 0 Å². The van der Waals surface area contributed by atoms with Crippen LogP contribution in [0.5, 0.6) is 0 Å². The van der Waals surface area contributed by atoms with Gasteiger partial charge in [0.15, 0.2) is 0 Å². The first-order valence-electron chi connectivity index (χ1n) is 6.47. The molecule has 2 unspecified atom stereocenters. The van der Waals surface area contributed by atoms with Crippen molar-refractivity contribution in [2.24, 2.45) is 5.84 Å². The van der Waals surface area contributed by atoms with Crippen molar-refractivity contribution in [3.8, 4) is 0 Å². The molecule has 4 heteroatoms. The van der Waals surface area contributed by atoms with E-state index in [0.29, 0.717) is 6.61 Å². The van der Waals surface area contributed by atoms with Crippen LogP contribution in [0.1, 0.15) is 43.9 Å². The first kappa shape index (κ1) is 15.1. The molecular weight excluding hydrogens is 231 g/mol. The lowest BCUT2D eigenvalue weighted by Crippen LogP contribution is -2.38. The molecule has 0 aliphatic heterocycles. The number of hydrogen-bond acceptors (Lipinski definition) is 3. The van der Waals surface area contributed by atoms with Crippen LogP contribution in [0.3, 0.4) is 0 Å². The minimum atomic E-state index is -0.248. The van der Waals surface area contributed by atoms with Crippen molar-refractivity contribution in [1.29, 1.82) is 0 Å². The fourth-order valence-electron chi connectivity index (χ4n) is 2.19. The average molecular weight is 254 g/mol. The van der Waals surface area contributed by atoms with E-state index in [1.54, 1.807) is 6.07 Å². The molecule has 3 nitrogen and oxygen atoms in total. The number of ether oxygens (including phenoxy) is 1. The summed E-state index contributed by atoms with van der Waals surface area (Å²) >= 11 is 0. The molecule has 0 amide bonds. The Bertz CT molecular complexity index is 365. The minimum Gasteiger partial charge on any atom is -0.376 e. The van der Waals surface area contributed by atoms with E-state index < -0.39 is 0 Å². The highest BCUT2D eigenvalue weighted by Gasteiger charge is 2.23. The van der Waals surface area contributed by atoms with Gasteiger partial charge in [-0.1, -0.05) is 19.4 Å². The molecule has 0 fully saturated rings. The molecule has 0 aliphatic rings. The van der Waals surface area contributed by atoms with Crippen LogP contribution >= 0.6 is 0 Å². The molecule has 0 saturated heterocycles. The van der Waals surface area contributed by atoms with Crippen LogP contribution in [-0.2, 0) is 4.74 Å². The molecule has 1 aromatic carbocycles. The molecule has 102 valence electrons. The maximum Gasteiger partial charge on any atom is 0.123 e. The Morgan fingerprint density at radius 2 is 2.11 bits per heavy atom. The Kier molecular flexibility index (Phi) is 6.25. The summed E-state index contributed by atoms with van der Waals surface area (Å²) in [6.45, 7) is 6.62. The number of nitrogens with two attached hydrogens (primary N) is 1. The van der Waals surface area contributed by atoms with Crippen LogP contribution in [0.4, 0.5) is 4.39 Å². The standard InChI is InChI=1S/C14H23FN2O/c1-4-6-13(18-5-2)14(17-16)12-9-11(15)8-7-10(12)3/h7-9,13-14,17H,4-6,16H2,1-3H3. The SMILES string of the molecule is CCCC(OCC)C(NN)c1cc(F)ccc1C. The number of rotatable bonds is 7. The molecule has 0 aliphatic carbocycles. The Balaban J connectivity index is 3.01. The molecule has 2 atom stereocenters. The average Bonchev–Trinajstić information content (AvgIpc) is 2.35. The number of hydrogen-bond donors (Lipinski definition) is 2. The zero-order valence-corrected chi connectivity index (χ0v) is 11.4. The van der Waals surface area contributed by atoms with Gasteiger partial charge in [-0.05, 0) is 43.5 Å². The number of benzene rings is 1. The summed E-state index contributed by atoms with van der Waals surface area (Å²) in [6, 6.07) is 4.58. The van der Waals surface area contributed by atoms with E-state index in [2.05, 4.69) is 12.3 Å². The van der Waals surface area contributed by atoms with Crippen LogP contribution in [0, 0.1) is 12.7 Å². The van der Waals surface area contributed by atoms with Gasteiger partial charge in [-0.3, -0.25) is 11.3 Å². The lowest BCUT2D eigenvalue weighted by atomic mass is 9.95. The maximum absolute atomic E-state index is 13.4. The van der Waals surface area contributed by atoms with Gasteiger partial charge < -0.3 is 4.74 Å². The molecular formula is C14H23FN2O. The predicted molar refractivity (Wildman–Crippen MR) is 71.5 cm³/mol. The first-order chi connectivity index (χ1) is 8.63. The molecule has 3 N–H and O–H groups in total. The lowest BCUT2D eigenvalue weighted by molar-refractivity contribution is 0.0274. The summed E-state index contributed by atoms with van der Waals surface area (Å²) in [5.41, 5.74) is 4.64. The van der Waals surface area contributed by atoms with Gasteiger partial charge in [0.05, 0.1) is 12.1 Å². The third kappa shape index (κ3) is 3.77. The molecule has 0 spiro atoms. The van der Waals surface area contributed by atoms with Crippen molar-refractivity contribution in [2.45, 2.75) is 45.8 Å². The fourth-order valence-corrected chi connectivity index (χ4v) is 2.19. The zero-order chi connectivity index (χ0) is 13.5. The molecule has 0 radical (unpaired) electrons. The predicted octanol–water partition coefficient (Wildman–Crippen LogP) is 2.84. The van der Waals surface area contributed by atoms with Gasteiger partial charge in [0.1, 0.15) is 5.82 Å². The van der Waals surface area contributed by atoms with Crippen molar-refractivity contribution in [1.82, 2.24) is 5.43 Å². The van der Waals surface area contributed by atoms with E-state index in [9.17, 15) is 4.39 Å². The molecule has 0 bridgehead atoms. The quantitative estimate of drug-likeness (QED) is 0.581. The van der Waals surface area contributed by atoms with E-state index in [1.165, 1.54) is 12.1 Å². The van der Waals surface area contributed by atoms with E-state index in [1.807, 2.05) is 13.8 Å². The van der Waals surface area contributed by atoms with Gasteiger partial charge in [0, 0.05) is 6.61 Å². The second-order valence-electron chi connectivity index (χ2n) is 4.43. The topological polar surface area (TPSA) is 47.3 Å². The maximum atomic E-state index is 13.4. The first-order valence-corrected chi connectivity index (χ1v) is 6.47. The van der Waals surface area contributed by atoms with Gasteiger partial charge in [-0.25, -0.2) is 4.39 Å². The number of nitrogens with one attached hydrogen (secondary N) is 1. The van der Waals surface area contributed by atoms with Crippen LogP contribution < -0.4 is 11.3 Å². The van der Waals surface area contributed by atoms with Crippen molar-refractivity contribution >= 4 is 0 Å². The minimum absolute atomic E-state index is 0.0366. The van der Waals surface area contributed by atoms with E-state index >= 15 is 0 Å². The van der Waals surface area contributed by atoms with E-state index in [4.69, 9.17) is 10.6 Å². The molecule has 1 rings (SSSR count). The summed E-state index contributed by atoms with van der Waals surface area (Å²) < 4.78 is 19.1. The second kappa shape index (κ2) is 7.46. The molecule has 1 aromatic rings. The Labute approximate surface area is 108 Å². The smallest absolute Gasteiger partial charge is 0.123 e. The highest BCUT2D eigenvalue weighted by molar-refractivity contribution is 5.30. The van der Waals surface area contributed by atoms with Crippen molar-refractivity contribution in [3.63, 3.8) is 0 Å². The van der Waals surface area contributed by atoms with Crippen LogP contribution in [-0.4, -0.2) is 12.7 Å². The van der Waals surface area contributed by atoms with Gasteiger partial charge in [-0.15, -0.1) is 0 Å². The lowest BCUT2D eigenvalue weighted by Gasteiger charge is -2.27. The summed E-state index contributed by atoms with van der Waals surface area (Å²) in [7, 11) is 0. The second-order valence-corrected chi connectivity index (χ2v) is 4.43. The van der Waals surface area contributed by atoms with Crippen molar-refractivity contribution in [2.75, 3.05) is 6.61 Å². The van der Waals surface area contributed by atoms with Crippen LogP contribution in [0.2, 0.25) is 0 Å². The highest BCUT2D eigenvalue weighted by Crippen LogP contribution is 2.25. The fraction of sp³-hybridized carbons (Fsp3) is 0.571. The summed E-state index contributed by atoms with van der Waals surface area (Å²) in [6.07, 6.45) is 1.85. The Morgan fingerprint density at radius 3 is 2.67 bits per heavy atom. The van der Waals surface area contributed by atoms with E-state index in [0.717, 1.165) is 24.0 Å². The largest absolute Gasteiger partial charge is 0.376 e. The third-order valence-corrected chi connectivity index (χ3v) is 3.08. The Morgan fingerprint density at radius 1 is 1.39 bits per heavy atom. The zero-order valence-electron chi connectivity index (χ0n) is 11.4. The van der Waals surface area contributed by atoms with E-state index in [-0.39, 0.29) is 18.0 Å². The molecule has 18 heavy (non-hydrogen) atoms. The normalized spacial score (nSPS) is 14.5. The van der Waals surface area contributed by atoms with Gasteiger partial charge >= 0.3 is 0 Å². The highest BCUT2D eigenvalue weighted by atomic mass is 19.1. The summed E-state index contributed by atoms with van der Waals surface area (Å²) in [5.74, 6) is 5.39. The number of halogens is 1. The van der Waals surface area contributed by atoms with Crippen molar-refractivity contribution in [3.05, 3.63) is 35.1 Å².